The zero-order valence-corrected chi connectivity index (χ0v) is 17.0. The van der Waals surface area contributed by atoms with Crippen molar-refractivity contribution in [2.75, 3.05) is 32.0 Å². The summed E-state index contributed by atoms with van der Waals surface area (Å²) in [6.45, 7) is 16.0. The Balaban J connectivity index is 2.30. The molecule has 1 aromatic carbocycles. The molecular weight excluding hydrogens is 308 g/mol. The van der Waals surface area contributed by atoms with Crippen molar-refractivity contribution in [3.8, 4) is 0 Å². The molecule has 0 atom stereocenters. The van der Waals surface area contributed by atoms with Crippen LogP contribution < -0.4 is 5.32 Å². The van der Waals surface area contributed by atoms with Crippen LogP contribution >= 0.6 is 0 Å². The number of aliphatic imine (C=N–C) groups is 1. The lowest BCUT2D eigenvalue weighted by molar-refractivity contribution is 0.348. The number of benzene rings is 1. The van der Waals surface area contributed by atoms with Crippen molar-refractivity contribution in [2.45, 2.75) is 54.4 Å². The summed E-state index contributed by atoms with van der Waals surface area (Å²) in [6, 6.07) is 4.47. The normalized spacial score (nSPS) is 14.7. The molecule has 25 heavy (non-hydrogen) atoms. The van der Waals surface area contributed by atoms with E-state index in [9.17, 15) is 0 Å². The van der Waals surface area contributed by atoms with E-state index in [4.69, 9.17) is 4.99 Å². The van der Waals surface area contributed by atoms with Gasteiger partial charge in [-0.05, 0) is 51.7 Å². The highest BCUT2D eigenvalue weighted by atomic mass is 15.4. The Morgan fingerprint density at radius 2 is 1.60 bits per heavy atom. The van der Waals surface area contributed by atoms with Crippen molar-refractivity contribution in [2.24, 2.45) is 4.99 Å². The second kappa shape index (κ2) is 8.41. The van der Waals surface area contributed by atoms with Crippen LogP contribution in [0.2, 0.25) is 0 Å². The molecule has 1 N–H and O–H groups in total. The number of hydrogen-bond donors (Lipinski definition) is 1. The first-order valence-electron chi connectivity index (χ1n) is 9.46. The van der Waals surface area contributed by atoms with Crippen LogP contribution in [0.25, 0.3) is 0 Å². The van der Waals surface area contributed by atoms with Crippen LogP contribution in [-0.4, -0.2) is 42.4 Å². The third-order valence-electron chi connectivity index (χ3n) is 4.66. The molecule has 4 heteroatoms. The molecule has 0 radical (unpaired) electrons. The minimum absolute atomic E-state index is 0.862. The summed E-state index contributed by atoms with van der Waals surface area (Å²) in [6.07, 6.45) is 2.28. The third-order valence-corrected chi connectivity index (χ3v) is 4.66. The third kappa shape index (κ3) is 4.56. The number of hydrogen-bond acceptors (Lipinski definition) is 4. The van der Waals surface area contributed by atoms with E-state index >= 15 is 0 Å². The second-order valence-electron chi connectivity index (χ2n) is 7.22. The number of rotatable bonds is 6. The van der Waals surface area contributed by atoms with Crippen LogP contribution in [0.15, 0.2) is 28.5 Å². The molecule has 0 saturated carbocycles. The summed E-state index contributed by atoms with van der Waals surface area (Å²) in [7, 11) is 2.14. The highest BCUT2D eigenvalue weighted by Crippen LogP contribution is 2.26. The van der Waals surface area contributed by atoms with E-state index in [0.717, 1.165) is 44.1 Å². The standard InChI is InChI=1S/C21H34N4/c1-8-10-25(11-9-2)21-22-18(6)19(14-24(21)7)23-20-16(4)12-15(3)13-17(20)5/h12-13,23H,8-11,14H2,1-7H3. The molecule has 1 aliphatic rings. The maximum absolute atomic E-state index is 4.94. The van der Waals surface area contributed by atoms with Crippen molar-refractivity contribution in [1.82, 2.24) is 9.80 Å². The molecule has 0 saturated heterocycles. The first-order chi connectivity index (χ1) is 11.9. The van der Waals surface area contributed by atoms with Crippen LogP contribution in [-0.2, 0) is 0 Å². The Bertz CT molecular complexity index is 643. The number of allylic oxidation sites excluding steroid dienone is 1. The molecule has 138 valence electrons. The summed E-state index contributed by atoms with van der Waals surface area (Å²) in [5.74, 6) is 1.10. The zero-order valence-electron chi connectivity index (χ0n) is 17.0. The fourth-order valence-electron chi connectivity index (χ4n) is 3.55. The molecule has 1 aromatic rings. The molecule has 0 spiro atoms. The van der Waals surface area contributed by atoms with Gasteiger partial charge in [0.25, 0.3) is 0 Å². The van der Waals surface area contributed by atoms with Gasteiger partial charge in [-0.25, -0.2) is 4.99 Å². The quantitative estimate of drug-likeness (QED) is 0.814. The Morgan fingerprint density at radius 3 is 2.12 bits per heavy atom. The van der Waals surface area contributed by atoms with E-state index in [1.54, 1.807) is 0 Å². The van der Waals surface area contributed by atoms with Crippen LogP contribution in [0.5, 0.6) is 0 Å². The van der Waals surface area contributed by atoms with Crippen LogP contribution in [0.1, 0.15) is 50.3 Å². The summed E-state index contributed by atoms with van der Waals surface area (Å²) in [5, 5.41) is 3.66. The Kier molecular flexibility index (Phi) is 6.51. The average Bonchev–Trinajstić information content (AvgIpc) is 2.53. The van der Waals surface area contributed by atoms with Crippen LogP contribution in [0.4, 0.5) is 5.69 Å². The monoisotopic (exact) mass is 342 g/mol. The lowest BCUT2D eigenvalue weighted by Crippen LogP contribution is -2.46. The van der Waals surface area contributed by atoms with Gasteiger partial charge in [0.15, 0.2) is 0 Å². The molecule has 0 aliphatic carbocycles. The van der Waals surface area contributed by atoms with E-state index < -0.39 is 0 Å². The summed E-state index contributed by atoms with van der Waals surface area (Å²) >= 11 is 0. The average molecular weight is 343 g/mol. The predicted molar refractivity (Wildman–Crippen MR) is 109 cm³/mol. The van der Waals surface area contributed by atoms with Gasteiger partial charge in [0, 0.05) is 25.8 Å². The molecule has 1 heterocycles. The molecule has 0 amide bonds. The number of likely N-dealkylation sites (N-methyl/N-ethyl adjacent to an activating group) is 1. The lowest BCUT2D eigenvalue weighted by atomic mass is 10.0. The smallest absolute Gasteiger partial charge is 0.201 e. The summed E-state index contributed by atoms with van der Waals surface area (Å²) in [4.78, 5) is 9.61. The summed E-state index contributed by atoms with van der Waals surface area (Å²) in [5.41, 5.74) is 7.37. The Morgan fingerprint density at radius 1 is 1.04 bits per heavy atom. The molecule has 0 unspecified atom stereocenters. The van der Waals surface area contributed by atoms with Gasteiger partial charge in [-0.2, -0.15) is 0 Å². The van der Waals surface area contributed by atoms with Gasteiger partial charge >= 0.3 is 0 Å². The van der Waals surface area contributed by atoms with Crippen LogP contribution in [0.3, 0.4) is 0 Å². The summed E-state index contributed by atoms with van der Waals surface area (Å²) < 4.78 is 0. The maximum Gasteiger partial charge on any atom is 0.201 e. The van der Waals surface area contributed by atoms with Gasteiger partial charge in [-0.1, -0.05) is 31.5 Å². The Labute approximate surface area is 153 Å². The molecule has 2 rings (SSSR count). The maximum atomic E-state index is 4.94. The number of aryl methyl sites for hydroxylation is 3. The molecule has 1 aliphatic heterocycles. The van der Waals surface area contributed by atoms with Gasteiger partial charge in [-0.15, -0.1) is 0 Å². The van der Waals surface area contributed by atoms with Crippen molar-refractivity contribution in [3.63, 3.8) is 0 Å². The van der Waals surface area contributed by atoms with Gasteiger partial charge < -0.3 is 15.1 Å². The van der Waals surface area contributed by atoms with E-state index in [1.165, 1.54) is 28.1 Å². The predicted octanol–water partition coefficient (Wildman–Crippen LogP) is 4.68. The molecule has 0 bridgehead atoms. The van der Waals surface area contributed by atoms with E-state index in [2.05, 4.69) is 75.8 Å². The van der Waals surface area contributed by atoms with Gasteiger partial charge in [0.2, 0.25) is 5.96 Å². The SMILES string of the molecule is CCCN(CCC)C1=NC(C)=C(Nc2c(C)cc(C)cc2C)CN1C. The highest BCUT2D eigenvalue weighted by Gasteiger charge is 2.22. The van der Waals surface area contributed by atoms with Crippen molar-refractivity contribution in [1.29, 1.82) is 0 Å². The topological polar surface area (TPSA) is 30.9 Å². The van der Waals surface area contributed by atoms with Crippen LogP contribution in [0, 0.1) is 20.8 Å². The highest BCUT2D eigenvalue weighted by molar-refractivity contribution is 5.82. The van der Waals surface area contributed by atoms with Gasteiger partial charge in [0.05, 0.1) is 17.9 Å². The number of nitrogens with zero attached hydrogens (tertiary/aromatic N) is 3. The molecule has 0 aromatic heterocycles. The fourth-order valence-corrected chi connectivity index (χ4v) is 3.55. The zero-order chi connectivity index (χ0) is 18.6. The van der Waals surface area contributed by atoms with E-state index in [1.807, 2.05) is 0 Å². The van der Waals surface area contributed by atoms with E-state index in [0.29, 0.717) is 0 Å². The minimum atomic E-state index is 0.862. The first kappa shape index (κ1) is 19.4. The largest absolute Gasteiger partial charge is 0.356 e. The fraction of sp³-hybridized carbons (Fsp3) is 0.571. The first-order valence-corrected chi connectivity index (χ1v) is 9.46. The Hall–Kier alpha value is -1.97. The minimum Gasteiger partial charge on any atom is -0.356 e. The van der Waals surface area contributed by atoms with Gasteiger partial charge in [0.1, 0.15) is 0 Å². The van der Waals surface area contributed by atoms with E-state index in [-0.39, 0.29) is 0 Å². The van der Waals surface area contributed by atoms with Gasteiger partial charge in [-0.3, -0.25) is 0 Å². The number of anilines is 1. The number of nitrogens with one attached hydrogen (secondary N) is 1. The van der Waals surface area contributed by atoms with Crippen molar-refractivity contribution >= 4 is 11.6 Å². The molecule has 0 fully saturated rings. The van der Waals surface area contributed by atoms with Crippen molar-refractivity contribution < 1.29 is 0 Å². The lowest BCUT2D eigenvalue weighted by Gasteiger charge is -2.35. The number of guanidine groups is 1. The molecular formula is C21H34N4. The van der Waals surface area contributed by atoms with Crippen molar-refractivity contribution in [3.05, 3.63) is 40.2 Å². The molecule has 4 nitrogen and oxygen atoms in total. The second-order valence-corrected chi connectivity index (χ2v) is 7.22.